The van der Waals surface area contributed by atoms with E-state index >= 15 is 0 Å². The summed E-state index contributed by atoms with van der Waals surface area (Å²) in [4.78, 5) is 34.4. The third-order valence-electron chi connectivity index (χ3n) is 6.92. The molecule has 1 aromatic heterocycles. The van der Waals surface area contributed by atoms with Crippen LogP contribution in [0.2, 0.25) is 0 Å². The fourth-order valence-corrected chi connectivity index (χ4v) is 5.43. The zero-order valence-electron chi connectivity index (χ0n) is 20.4. The quantitative estimate of drug-likeness (QED) is 0.519. The Balaban J connectivity index is 1.35. The van der Waals surface area contributed by atoms with E-state index in [1.165, 1.54) is 30.6 Å². The van der Waals surface area contributed by atoms with Gasteiger partial charge in [-0.05, 0) is 30.0 Å². The number of nitrogens with one attached hydrogen (secondary N) is 2. The molecular weight excluding hydrogens is 462 g/mol. The van der Waals surface area contributed by atoms with Crippen molar-refractivity contribution in [2.75, 3.05) is 32.1 Å². The van der Waals surface area contributed by atoms with Crippen molar-refractivity contribution in [1.82, 2.24) is 20.1 Å². The number of methoxy groups -OCH3 is 1. The molecule has 2 fully saturated rings. The molecule has 2 aliphatic rings. The molecule has 0 bridgehead atoms. The highest BCUT2D eigenvalue weighted by Crippen LogP contribution is 2.30. The van der Waals surface area contributed by atoms with Crippen LogP contribution in [0.4, 0.5) is 5.13 Å². The van der Waals surface area contributed by atoms with E-state index in [0.717, 1.165) is 24.2 Å². The zero-order valence-corrected chi connectivity index (χ0v) is 21.2. The van der Waals surface area contributed by atoms with Crippen LogP contribution in [0.25, 0.3) is 0 Å². The van der Waals surface area contributed by atoms with Gasteiger partial charge in [0.05, 0.1) is 19.5 Å². The molecule has 1 saturated carbocycles. The molecule has 0 spiro atoms. The van der Waals surface area contributed by atoms with Crippen molar-refractivity contribution in [3.05, 3.63) is 53.8 Å². The second-order valence-electron chi connectivity index (χ2n) is 9.24. The first-order chi connectivity index (χ1) is 17.0. The van der Waals surface area contributed by atoms with E-state index in [4.69, 9.17) is 4.74 Å². The smallest absolute Gasteiger partial charge is 0.248 e. The molecule has 1 saturated heterocycles. The molecular formula is C26H35N5O3S. The molecule has 35 heavy (non-hydrogen) atoms. The van der Waals surface area contributed by atoms with E-state index < -0.39 is 6.04 Å². The molecule has 2 N–H and O–H groups in total. The highest BCUT2D eigenvalue weighted by molar-refractivity contribution is 7.13. The zero-order chi connectivity index (χ0) is 24.6. The largest absolute Gasteiger partial charge is 0.497 e. The Morgan fingerprint density at radius 1 is 1.23 bits per heavy atom. The van der Waals surface area contributed by atoms with Crippen LogP contribution in [0.1, 0.15) is 44.1 Å². The lowest BCUT2D eigenvalue weighted by Gasteiger charge is -2.41. The number of anilines is 1. The molecule has 2 amide bonds. The normalized spacial score (nSPS) is 17.7. The first-order valence-electron chi connectivity index (χ1n) is 12.3. The molecule has 0 unspecified atom stereocenters. The third-order valence-corrected chi connectivity index (χ3v) is 7.61. The van der Waals surface area contributed by atoms with Crippen LogP contribution in [0.3, 0.4) is 0 Å². The maximum atomic E-state index is 13.3. The van der Waals surface area contributed by atoms with E-state index in [2.05, 4.69) is 22.2 Å². The van der Waals surface area contributed by atoms with Gasteiger partial charge in [-0.3, -0.25) is 9.59 Å². The summed E-state index contributed by atoms with van der Waals surface area (Å²) in [5.41, 5.74) is 1.10. The van der Waals surface area contributed by atoms with E-state index in [9.17, 15) is 9.59 Å². The predicted octanol–water partition coefficient (Wildman–Crippen LogP) is 3.83. The molecule has 2 aromatic rings. The molecule has 2 heterocycles. The highest BCUT2D eigenvalue weighted by Gasteiger charge is 2.36. The van der Waals surface area contributed by atoms with Crippen molar-refractivity contribution in [2.24, 2.45) is 5.92 Å². The molecule has 4 rings (SSSR count). The lowest BCUT2D eigenvalue weighted by Crippen LogP contribution is -2.57. The minimum Gasteiger partial charge on any atom is -0.497 e. The number of hydrogen-bond acceptors (Lipinski definition) is 7. The van der Waals surface area contributed by atoms with Crippen LogP contribution in [-0.2, 0) is 16.1 Å². The van der Waals surface area contributed by atoms with Gasteiger partial charge in [-0.1, -0.05) is 50.8 Å². The number of aromatic nitrogens is 1. The summed E-state index contributed by atoms with van der Waals surface area (Å²) < 4.78 is 5.21. The summed E-state index contributed by atoms with van der Waals surface area (Å²) in [5.74, 6) is 1.83. The van der Waals surface area contributed by atoms with Gasteiger partial charge in [-0.15, -0.1) is 11.3 Å². The van der Waals surface area contributed by atoms with Gasteiger partial charge in [0.15, 0.2) is 5.13 Å². The molecule has 1 aliphatic heterocycles. The van der Waals surface area contributed by atoms with E-state index in [0.29, 0.717) is 42.9 Å². The molecule has 188 valence electrons. The Kier molecular flexibility index (Phi) is 8.63. The van der Waals surface area contributed by atoms with Crippen LogP contribution in [0.5, 0.6) is 5.75 Å². The molecule has 8 nitrogen and oxygen atoms in total. The predicted molar refractivity (Wildman–Crippen MR) is 138 cm³/mol. The van der Waals surface area contributed by atoms with Crippen LogP contribution < -0.4 is 15.4 Å². The average molecular weight is 498 g/mol. The molecule has 9 heteroatoms. The van der Waals surface area contributed by atoms with Crippen molar-refractivity contribution in [1.29, 1.82) is 0 Å². The highest BCUT2D eigenvalue weighted by atomic mass is 32.1. The number of thiazole rings is 1. The second kappa shape index (κ2) is 12.1. The third kappa shape index (κ3) is 6.75. The van der Waals surface area contributed by atoms with E-state index in [1.54, 1.807) is 18.2 Å². The maximum Gasteiger partial charge on any atom is 0.248 e. The molecule has 1 aliphatic carbocycles. The van der Waals surface area contributed by atoms with E-state index in [-0.39, 0.29) is 18.4 Å². The minimum absolute atomic E-state index is 0.0428. The number of hydrogen-bond donors (Lipinski definition) is 2. The Morgan fingerprint density at radius 3 is 2.66 bits per heavy atom. The summed E-state index contributed by atoms with van der Waals surface area (Å²) in [5, 5.41) is 8.66. The summed E-state index contributed by atoms with van der Waals surface area (Å²) >= 11 is 1.39. The van der Waals surface area contributed by atoms with Crippen molar-refractivity contribution in [2.45, 2.75) is 51.1 Å². The first-order valence-corrected chi connectivity index (χ1v) is 13.2. The fourth-order valence-electron chi connectivity index (χ4n) is 4.89. The van der Waals surface area contributed by atoms with Crippen LogP contribution in [-0.4, -0.2) is 59.4 Å². The summed E-state index contributed by atoms with van der Waals surface area (Å²) in [6, 6.07) is 7.37. The van der Waals surface area contributed by atoms with Crippen molar-refractivity contribution < 1.29 is 14.3 Å². The van der Waals surface area contributed by atoms with Crippen LogP contribution in [0, 0.1) is 5.92 Å². The number of piperazine rings is 1. The van der Waals surface area contributed by atoms with Crippen molar-refractivity contribution in [3.8, 4) is 5.75 Å². The average Bonchev–Trinajstić information content (AvgIpc) is 3.40. The maximum absolute atomic E-state index is 13.3. The monoisotopic (exact) mass is 497 g/mol. The minimum atomic E-state index is -0.475. The number of nitrogens with zero attached hydrogens (tertiary/aromatic N) is 3. The van der Waals surface area contributed by atoms with Crippen molar-refractivity contribution in [3.63, 3.8) is 0 Å². The van der Waals surface area contributed by atoms with Gasteiger partial charge in [0.2, 0.25) is 11.8 Å². The van der Waals surface area contributed by atoms with Crippen LogP contribution >= 0.6 is 11.3 Å². The first kappa shape index (κ1) is 25.0. The lowest BCUT2D eigenvalue weighted by atomic mass is 9.84. The topological polar surface area (TPSA) is 86.8 Å². The lowest BCUT2D eigenvalue weighted by molar-refractivity contribution is -0.143. The number of carbonyl (C=O) groups is 2. The second-order valence-corrected chi connectivity index (χ2v) is 10.1. The van der Waals surface area contributed by atoms with Gasteiger partial charge in [-0.2, -0.15) is 0 Å². The summed E-state index contributed by atoms with van der Waals surface area (Å²) in [6.45, 7) is 6.08. The number of carbonyl (C=O) groups excluding carboxylic acids is 2. The van der Waals surface area contributed by atoms with Gasteiger partial charge < -0.3 is 25.2 Å². The SMILES string of the molecule is C=C(NCc1ccc(OC)cc1)N1CCN([C@@H](CC2CCCCC2)C(=O)Nc2nccs2)C(=O)C1. The van der Waals surface area contributed by atoms with Crippen molar-refractivity contribution >= 4 is 28.3 Å². The molecule has 1 atom stereocenters. The number of amides is 2. The van der Waals surface area contributed by atoms with Gasteiger partial charge in [-0.25, -0.2) is 4.98 Å². The number of benzene rings is 1. The molecule has 0 radical (unpaired) electrons. The van der Waals surface area contributed by atoms with Gasteiger partial charge >= 0.3 is 0 Å². The fraction of sp³-hybridized carbons (Fsp3) is 0.500. The Bertz CT molecular complexity index is 989. The van der Waals surface area contributed by atoms with Crippen LogP contribution in [0.15, 0.2) is 48.2 Å². The Labute approximate surface area is 211 Å². The summed E-state index contributed by atoms with van der Waals surface area (Å²) in [6.07, 6.45) is 8.29. The molecule has 1 aromatic carbocycles. The van der Waals surface area contributed by atoms with E-state index in [1.807, 2.05) is 34.5 Å². The van der Waals surface area contributed by atoms with Gasteiger partial charge in [0, 0.05) is 31.2 Å². The van der Waals surface area contributed by atoms with Gasteiger partial charge in [0.1, 0.15) is 11.8 Å². The standard InChI is InChI=1S/C26H35N5O3S/c1-19(28-17-21-8-10-22(34-2)11-9-21)30-13-14-31(24(32)18-30)23(16-20-6-4-3-5-7-20)25(33)29-26-27-12-15-35-26/h8-12,15,20,23,28H,1,3-7,13-14,16-18H2,2H3,(H,27,29,33)/t23-/m0/s1. The Morgan fingerprint density at radius 2 is 2.00 bits per heavy atom. The number of rotatable bonds is 10. The number of ether oxygens (including phenoxy) is 1. The van der Waals surface area contributed by atoms with Gasteiger partial charge in [0.25, 0.3) is 0 Å². The Hall–Kier alpha value is -3.07. The summed E-state index contributed by atoms with van der Waals surface area (Å²) in [7, 11) is 1.65.